The highest BCUT2D eigenvalue weighted by molar-refractivity contribution is 5.80. The maximum Gasteiger partial charge on any atom is 0.222 e. The average Bonchev–Trinajstić information content (AvgIpc) is 3.60. The second-order valence-corrected chi connectivity index (χ2v) is 10.6. The first-order valence-electron chi connectivity index (χ1n) is 13.6. The summed E-state index contributed by atoms with van der Waals surface area (Å²) in [4.78, 5) is 58.4. The standard InChI is InChI=1S/C26H42N4O4/c1-2-7-20(28-14-4-9-24(28)32)18-22(30-16-6-11-26(30)34)19-21(29-15-5-10-25(29)33)12-17-27-13-3-8-23(27)31/h20-22H,2-19H2,1H3/t20-,21-,22+/m1/s1. The van der Waals surface area contributed by atoms with Gasteiger partial charge in [0.05, 0.1) is 0 Å². The number of carbonyl (C=O) groups excluding carboxylic acids is 4. The molecule has 4 amide bonds. The molecule has 0 radical (unpaired) electrons. The molecule has 0 unspecified atom stereocenters. The lowest BCUT2D eigenvalue weighted by molar-refractivity contribution is -0.132. The van der Waals surface area contributed by atoms with Gasteiger partial charge in [-0.25, -0.2) is 0 Å². The largest absolute Gasteiger partial charge is 0.343 e. The Hall–Kier alpha value is -2.12. The fourth-order valence-corrected chi connectivity index (χ4v) is 6.52. The van der Waals surface area contributed by atoms with Gasteiger partial charge in [0.15, 0.2) is 0 Å². The Balaban J connectivity index is 1.52. The van der Waals surface area contributed by atoms with Gasteiger partial charge in [-0.05, 0) is 51.4 Å². The van der Waals surface area contributed by atoms with E-state index in [1.54, 1.807) is 0 Å². The quantitative estimate of drug-likeness (QED) is 0.435. The summed E-state index contributed by atoms with van der Waals surface area (Å²) >= 11 is 0. The molecule has 4 fully saturated rings. The van der Waals surface area contributed by atoms with Crippen molar-refractivity contribution in [1.29, 1.82) is 0 Å². The highest BCUT2D eigenvalue weighted by Crippen LogP contribution is 2.30. The van der Waals surface area contributed by atoms with E-state index in [1.165, 1.54) is 0 Å². The molecule has 0 aromatic heterocycles. The summed E-state index contributed by atoms with van der Waals surface area (Å²) in [7, 11) is 0. The lowest BCUT2D eigenvalue weighted by atomic mass is 9.93. The Kier molecular flexibility index (Phi) is 8.48. The van der Waals surface area contributed by atoms with Crippen molar-refractivity contribution in [2.75, 3.05) is 32.7 Å². The van der Waals surface area contributed by atoms with E-state index in [9.17, 15) is 19.2 Å². The Morgan fingerprint density at radius 2 is 1.03 bits per heavy atom. The third-order valence-electron chi connectivity index (χ3n) is 8.27. The van der Waals surface area contributed by atoms with Crippen LogP contribution in [0.15, 0.2) is 0 Å². The van der Waals surface area contributed by atoms with E-state index in [4.69, 9.17) is 0 Å². The van der Waals surface area contributed by atoms with Crippen molar-refractivity contribution in [1.82, 2.24) is 19.6 Å². The summed E-state index contributed by atoms with van der Waals surface area (Å²) in [5, 5.41) is 0. The zero-order valence-electron chi connectivity index (χ0n) is 20.9. The molecule has 4 rings (SSSR count). The van der Waals surface area contributed by atoms with Gasteiger partial charge in [0.1, 0.15) is 0 Å². The van der Waals surface area contributed by atoms with Crippen LogP contribution in [-0.4, -0.2) is 94.1 Å². The van der Waals surface area contributed by atoms with Gasteiger partial charge in [-0.1, -0.05) is 13.3 Å². The molecule has 8 nitrogen and oxygen atoms in total. The number of carbonyl (C=O) groups is 4. The van der Waals surface area contributed by atoms with Crippen LogP contribution in [0, 0.1) is 0 Å². The molecule has 4 heterocycles. The van der Waals surface area contributed by atoms with Crippen LogP contribution < -0.4 is 0 Å². The van der Waals surface area contributed by atoms with Crippen LogP contribution in [0.25, 0.3) is 0 Å². The van der Waals surface area contributed by atoms with Gasteiger partial charge in [-0.3, -0.25) is 19.2 Å². The van der Waals surface area contributed by atoms with Gasteiger partial charge < -0.3 is 19.6 Å². The number of amides is 4. The molecule has 0 spiro atoms. The maximum atomic E-state index is 12.8. The van der Waals surface area contributed by atoms with Crippen molar-refractivity contribution in [2.24, 2.45) is 0 Å². The Labute approximate surface area is 204 Å². The van der Waals surface area contributed by atoms with E-state index in [1.807, 2.05) is 14.7 Å². The molecule has 0 saturated carbocycles. The van der Waals surface area contributed by atoms with E-state index < -0.39 is 0 Å². The van der Waals surface area contributed by atoms with E-state index in [-0.39, 0.29) is 41.8 Å². The van der Waals surface area contributed by atoms with Gasteiger partial charge in [0, 0.05) is 76.5 Å². The third-order valence-corrected chi connectivity index (χ3v) is 8.27. The molecule has 0 bridgehead atoms. The molecule has 3 atom stereocenters. The summed E-state index contributed by atoms with van der Waals surface area (Å²) in [5.74, 6) is 0.857. The number of nitrogens with zero attached hydrogens (tertiary/aromatic N) is 4. The fourth-order valence-electron chi connectivity index (χ4n) is 6.52. The van der Waals surface area contributed by atoms with Gasteiger partial charge in [0.2, 0.25) is 23.6 Å². The summed E-state index contributed by atoms with van der Waals surface area (Å²) in [6, 6.07) is 0.194. The van der Waals surface area contributed by atoms with Crippen molar-refractivity contribution in [2.45, 2.75) is 109 Å². The first-order valence-corrected chi connectivity index (χ1v) is 13.6. The zero-order valence-corrected chi connectivity index (χ0v) is 20.9. The van der Waals surface area contributed by atoms with Crippen LogP contribution in [0.1, 0.15) is 90.4 Å². The van der Waals surface area contributed by atoms with Gasteiger partial charge in [0.25, 0.3) is 0 Å². The van der Waals surface area contributed by atoms with E-state index in [0.29, 0.717) is 32.2 Å². The topological polar surface area (TPSA) is 81.2 Å². The molecule has 4 aliphatic heterocycles. The van der Waals surface area contributed by atoms with Crippen LogP contribution in [-0.2, 0) is 19.2 Å². The molecule has 0 aromatic rings. The predicted octanol–water partition coefficient (Wildman–Crippen LogP) is 2.55. The second-order valence-electron chi connectivity index (χ2n) is 10.6. The number of hydrogen-bond acceptors (Lipinski definition) is 4. The maximum absolute atomic E-state index is 12.8. The van der Waals surface area contributed by atoms with Crippen molar-refractivity contribution >= 4 is 23.6 Å². The zero-order chi connectivity index (χ0) is 24.1. The lowest BCUT2D eigenvalue weighted by Crippen LogP contribution is -2.48. The Morgan fingerprint density at radius 3 is 1.44 bits per heavy atom. The van der Waals surface area contributed by atoms with Crippen LogP contribution in [0.3, 0.4) is 0 Å². The van der Waals surface area contributed by atoms with E-state index in [2.05, 4.69) is 11.8 Å². The molecular weight excluding hydrogens is 432 g/mol. The minimum Gasteiger partial charge on any atom is -0.343 e. The average molecular weight is 475 g/mol. The predicted molar refractivity (Wildman–Crippen MR) is 129 cm³/mol. The van der Waals surface area contributed by atoms with Crippen molar-refractivity contribution in [3.63, 3.8) is 0 Å². The molecule has 4 saturated heterocycles. The van der Waals surface area contributed by atoms with Crippen molar-refractivity contribution in [3.05, 3.63) is 0 Å². The minimum absolute atomic E-state index is 0.0210. The summed E-state index contributed by atoms with van der Waals surface area (Å²) in [6.45, 7) is 5.99. The molecule has 190 valence electrons. The molecule has 0 N–H and O–H groups in total. The number of rotatable bonds is 12. The van der Waals surface area contributed by atoms with Crippen LogP contribution in [0.5, 0.6) is 0 Å². The van der Waals surface area contributed by atoms with Crippen LogP contribution in [0.4, 0.5) is 0 Å². The molecule has 34 heavy (non-hydrogen) atoms. The number of hydrogen-bond donors (Lipinski definition) is 0. The minimum atomic E-state index is 0.0210. The monoisotopic (exact) mass is 474 g/mol. The molecule has 4 aliphatic rings. The SMILES string of the molecule is CCC[C@H](C[C@@H](C[C@@H](CCN1CCCC1=O)N1CCCC1=O)N1CCCC1=O)N1CCCC1=O. The molecular formula is C26H42N4O4. The fraction of sp³-hybridized carbons (Fsp3) is 0.846. The lowest BCUT2D eigenvalue weighted by Gasteiger charge is -2.39. The smallest absolute Gasteiger partial charge is 0.222 e. The Bertz CT molecular complexity index is 772. The second kappa shape index (κ2) is 11.5. The molecule has 0 aromatic carbocycles. The molecule has 0 aliphatic carbocycles. The summed E-state index contributed by atoms with van der Waals surface area (Å²) < 4.78 is 0. The van der Waals surface area contributed by atoms with Crippen LogP contribution in [0.2, 0.25) is 0 Å². The van der Waals surface area contributed by atoms with Gasteiger partial charge >= 0.3 is 0 Å². The van der Waals surface area contributed by atoms with Gasteiger partial charge in [-0.15, -0.1) is 0 Å². The third kappa shape index (κ3) is 5.74. The first kappa shape index (κ1) is 25.0. The Morgan fingerprint density at radius 1 is 0.588 bits per heavy atom. The van der Waals surface area contributed by atoms with E-state index in [0.717, 1.165) is 84.0 Å². The number of likely N-dealkylation sites (tertiary alicyclic amines) is 4. The molecule has 8 heteroatoms. The highest BCUT2D eigenvalue weighted by atomic mass is 16.2. The highest BCUT2D eigenvalue weighted by Gasteiger charge is 2.38. The van der Waals surface area contributed by atoms with Gasteiger partial charge in [-0.2, -0.15) is 0 Å². The summed E-state index contributed by atoms with van der Waals surface area (Å²) in [6.07, 6.45) is 10.3. The first-order chi connectivity index (χ1) is 16.5. The van der Waals surface area contributed by atoms with Crippen LogP contribution >= 0.6 is 0 Å². The van der Waals surface area contributed by atoms with E-state index >= 15 is 0 Å². The normalized spacial score (nSPS) is 24.1. The summed E-state index contributed by atoms with van der Waals surface area (Å²) in [5.41, 5.74) is 0. The van der Waals surface area contributed by atoms with Crippen molar-refractivity contribution < 1.29 is 19.2 Å². The van der Waals surface area contributed by atoms with Crippen molar-refractivity contribution in [3.8, 4) is 0 Å².